The zero-order valence-electron chi connectivity index (χ0n) is 52.3. The van der Waals surface area contributed by atoms with Crippen molar-refractivity contribution in [2.45, 2.75) is 402 Å². The van der Waals surface area contributed by atoms with Crippen LogP contribution < -0.4 is 5.32 Å². The molecule has 1 amide bonds. The molecule has 14 heteroatoms. The Morgan fingerprint density at radius 3 is 1.05 bits per heavy atom. The van der Waals surface area contributed by atoms with Crippen molar-refractivity contribution in [2.75, 3.05) is 19.8 Å². The maximum atomic E-state index is 13.3. The van der Waals surface area contributed by atoms with E-state index in [1.165, 1.54) is 250 Å². The molecule has 81 heavy (non-hydrogen) atoms. The molecular formula is C67H131NO13. The second-order valence-electron chi connectivity index (χ2n) is 25.0. The fourth-order valence-electron chi connectivity index (χ4n) is 12.0. The van der Waals surface area contributed by atoms with E-state index in [4.69, 9.17) is 18.9 Å². The van der Waals surface area contributed by atoms with E-state index in [1.807, 2.05) is 0 Å². The number of carbonyl (C=O) groups is 1. The van der Waals surface area contributed by atoms with Crippen LogP contribution in [0.5, 0.6) is 0 Å². The lowest BCUT2D eigenvalue weighted by molar-refractivity contribution is -0.359. The Kier molecular flexibility index (Phi) is 50.0. The highest BCUT2D eigenvalue weighted by Gasteiger charge is 2.51. The number of hydrogen-bond acceptors (Lipinski definition) is 13. The molecule has 0 spiro atoms. The Morgan fingerprint density at radius 1 is 0.395 bits per heavy atom. The third-order valence-corrected chi connectivity index (χ3v) is 17.6. The minimum absolute atomic E-state index is 0.198. The summed E-state index contributed by atoms with van der Waals surface area (Å²) in [5, 5.41) is 87.4. The standard InChI is InChI=1S/C67H131NO13/c1-3-5-7-9-11-13-15-17-19-20-21-22-23-24-25-26-27-28-29-30-31-32-33-34-35-36-37-39-41-43-45-47-49-51-59(72)68-55(56(71)50-48-46-44-42-40-38-18-16-14-12-10-8-6-4-2)54-78-66-64(77)62(75)65(58(53-70)80-66)81-67-63(76)61(74)60(73)57(52-69)79-67/h55-58,60-67,69-71,73-77H,3-54H2,1-2H3,(H,68,72). The zero-order valence-corrected chi connectivity index (χ0v) is 52.3. The van der Waals surface area contributed by atoms with Gasteiger partial charge in [0.1, 0.15) is 48.8 Å². The molecule has 2 rings (SSSR count). The molecule has 12 unspecified atom stereocenters. The molecule has 0 aliphatic carbocycles. The van der Waals surface area contributed by atoms with Gasteiger partial charge in [-0.1, -0.05) is 309 Å². The van der Waals surface area contributed by atoms with Crippen LogP contribution in [-0.4, -0.2) is 140 Å². The van der Waals surface area contributed by atoms with Crippen molar-refractivity contribution in [1.29, 1.82) is 0 Å². The molecule has 0 bridgehead atoms. The second-order valence-corrected chi connectivity index (χ2v) is 25.0. The molecule has 0 aromatic carbocycles. The summed E-state index contributed by atoms with van der Waals surface area (Å²) in [5.41, 5.74) is 0. The van der Waals surface area contributed by atoms with Gasteiger partial charge in [-0.3, -0.25) is 4.79 Å². The van der Waals surface area contributed by atoms with Gasteiger partial charge in [0.25, 0.3) is 0 Å². The smallest absolute Gasteiger partial charge is 0.220 e. The van der Waals surface area contributed by atoms with Crippen LogP contribution in [0.4, 0.5) is 0 Å². The number of ether oxygens (including phenoxy) is 4. The van der Waals surface area contributed by atoms with E-state index in [-0.39, 0.29) is 12.5 Å². The summed E-state index contributed by atoms with van der Waals surface area (Å²) in [6.07, 6.45) is 45.7. The van der Waals surface area contributed by atoms with E-state index in [9.17, 15) is 45.6 Å². The highest BCUT2D eigenvalue weighted by atomic mass is 16.7. The SMILES string of the molecule is CCCCCCCCCCCCCCCCCCCCCCCCCCCCCCCCCCCC(=O)NC(COC1OC(CO)C(OC2OC(CO)C(O)C(O)C2O)C(O)C1O)C(O)CCCCCCCCCCCCCCCC. The average molecular weight is 1160 g/mol. The topological polar surface area (TPSA) is 228 Å². The van der Waals surface area contributed by atoms with Gasteiger partial charge in [-0.15, -0.1) is 0 Å². The van der Waals surface area contributed by atoms with E-state index in [0.29, 0.717) is 12.8 Å². The third kappa shape index (κ3) is 38.0. The number of rotatable bonds is 58. The van der Waals surface area contributed by atoms with Crippen LogP contribution in [0.3, 0.4) is 0 Å². The molecule has 2 aliphatic rings. The van der Waals surface area contributed by atoms with Crippen molar-refractivity contribution < 1.29 is 64.6 Å². The molecular weight excluding hydrogens is 1030 g/mol. The number of amides is 1. The first-order chi connectivity index (χ1) is 39.6. The zero-order chi connectivity index (χ0) is 58.8. The summed E-state index contributed by atoms with van der Waals surface area (Å²) in [7, 11) is 0. The first-order valence-electron chi connectivity index (χ1n) is 34.8. The van der Waals surface area contributed by atoms with Crippen molar-refractivity contribution in [1.82, 2.24) is 5.32 Å². The predicted molar refractivity (Wildman–Crippen MR) is 328 cm³/mol. The molecule has 12 atom stereocenters. The molecule has 2 heterocycles. The molecule has 2 fully saturated rings. The highest BCUT2D eigenvalue weighted by Crippen LogP contribution is 2.30. The van der Waals surface area contributed by atoms with E-state index < -0.39 is 86.8 Å². The molecule has 9 N–H and O–H groups in total. The Hall–Kier alpha value is -1.01. The summed E-state index contributed by atoms with van der Waals surface area (Å²) in [6.45, 7) is 2.91. The van der Waals surface area contributed by atoms with E-state index >= 15 is 0 Å². The predicted octanol–water partition coefficient (Wildman–Crippen LogP) is 13.6. The molecule has 0 saturated carbocycles. The normalized spacial score (nSPS) is 24.0. The minimum atomic E-state index is -1.78. The van der Waals surface area contributed by atoms with Gasteiger partial charge in [-0.2, -0.15) is 0 Å². The van der Waals surface area contributed by atoms with Crippen molar-refractivity contribution in [3.05, 3.63) is 0 Å². The van der Waals surface area contributed by atoms with Gasteiger partial charge in [0, 0.05) is 6.42 Å². The maximum absolute atomic E-state index is 13.3. The highest BCUT2D eigenvalue weighted by molar-refractivity contribution is 5.76. The summed E-state index contributed by atoms with van der Waals surface area (Å²) in [6, 6.07) is -0.823. The molecule has 14 nitrogen and oxygen atoms in total. The second kappa shape index (κ2) is 53.2. The fraction of sp³-hybridized carbons (Fsp3) is 0.985. The van der Waals surface area contributed by atoms with Gasteiger partial charge in [0.2, 0.25) is 5.91 Å². The van der Waals surface area contributed by atoms with Gasteiger partial charge in [-0.05, 0) is 12.8 Å². The number of carbonyl (C=O) groups excluding carboxylic acids is 1. The number of hydrogen-bond donors (Lipinski definition) is 9. The summed E-state index contributed by atoms with van der Waals surface area (Å²) < 4.78 is 22.9. The van der Waals surface area contributed by atoms with Crippen molar-refractivity contribution in [3.8, 4) is 0 Å². The van der Waals surface area contributed by atoms with Crippen LogP contribution in [0.25, 0.3) is 0 Å². The van der Waals surface area contributed by atoms with E-state index in [0.717, 1.165) is 51.4 Å². The van der Waals surface area contributed by atoms with Crippen LogP contribution in [0.2, 0.25) is 0 Å². The molecule has 2 saturated heterocycles. The first kappa shape index (κ1) is 76.1. The fourth-order valence-corrected chi connectivity index (χ4v) is 12.0. The summed E-state index contributed by atoms with van der Waals surface area (Å²) in [5.74, 6) is -0.198. The number of aliphatic hydroxyl groups excluding tert-OH is 8. The van der Waals surface area contributed by atoms with Crippen molar-refractivity contribution >= 4 is 5.91 Å². The number of aliphatic hydroxyl groups is 8. The van der Waals surface area contributed by atoms with Gasteiger partial charge in [0.15, 0.2) is 12.6 Å². The van der Waals surface area contributed by atoms with E-state index in [1.54, 1.807) is 0 Å². The van der Waals surface area contributed by atoms with E-state index in [2.05, 4.69) is 19.2 Å². The van der Waals surface area contributed by atoms with Crippen LogP contribution in [0.15, 0.2) is 0 Å². The Labute approximate surface area is 495 Å². The van der Waals surface area contributed by atoms with Gasteiger partial charge in [0.05, 0.1) is 32.0 Å². The molecule has 482 valence electrons. The lowest BCUT2D eigenvalue weighted by Crippen LogP contribution is -2.65. The van der Waals surface area contributed by atoms with Crippen LogP contribution in [0.1, 0.15) is 328 Å². The number of unbranched alkanes of at least 4 members (excludes halogenated alkanes) is 45. The molecule has 0 aromatic heterocycles. The molecule has 2 aliphatic heterocycles. The largest absolute Gasteiger partial charge is 0.394 e. The Morgan fingerprint density at radius 2 is 0.704 bits per heavy atom. The Bertz CT molecular complexity index is 1360. The monoisotopic (exact) mass is 1160 g/mol. The summed E-state index contributed by atoms with van der Waals surface area (Å²) in [4.78, 5) is 13.3. The quantitative estimate of drug-likeness (QED) is 0.0259. The lowest BCUT2D eigenvalue weighted by Gasteiger charge is -2.46. The average Bonchev–Trinajstić information content (AvgIpc) is 3.47. The maximum Gasteiger partial charge on any atom is 0.220 e. The van der Waals surface area contributed by atoms with Crippen molar-refractivity contribution in [3.63, 3.8) is 0 Å². The minimum Gasteiger partial charge on any atom is -0.394 e. The molecule has 0 aromatic rings. The molecule has 0 radical (unpaired) electrons. The lowest BCUT2D eigenvalue weighted by atomic mass is 9.97. The third-order valence-electron chi connectivity index (χ3n) is 17.6. The van der Waals surface area contributed by atoms with Crippen molar-refractivity contribution in [2.24, 2.45) is 0 Å². The van der Waals surface area contributed by atoms with Crippen LogP contribution >= 0.6 is 0 Å². The van der Waals surface area contributed by atoms with Gasteiger partial charge < -0.3 is 65.1 Å². The Balaban J connectivity index is 1.59. The number of nitrogens with one attached hydrogen (secondary N) is 1. The first-order valence-corrected chi connectivity index (χ1v) is 34.8. The van der Waals surface area contributed by atoms with Crippen LogP contribution in [0, 0.1) is 0 Å². The summed E-state index contributed by atoms with van der Waals surface area (Å²) >= 11 is 0. The van der Waals surface area contributed by atoms with Crippen LogP contribution in [-0.2, 0) is 23.7 Å². The van der Waals surface area contributed by atoms with Gasteiger partial charge >= 0.3 is 0 Å². The van der Waals surface area contributed by atoms with Gasteiger partial charge in [-0.25, -0.2) is 0 Å².